The van der Waals surface area contributed by atoms with Crippen LogP contribution < -0.4 is 4.90 Å². The first kappa shape index (κ1) is 22.9. The van der Waals surface area contributed by atoms with Gasteiger partial charge in [0.25, 0.3) is 0 Å². The predicted octanol–water partition coefficient (Wildman–Crippen LogP) is 3.69. The van der Waals surface area contributed by atoms with Gasteiger partial charge in [-0.05, 0) is 37.8 Å². The molecule has 7 nitrogen and oxygen atoms in total. The van der Waals surface area contributed by atoms with E-state index in [1.54, 1.807) is 4.90 Å². The summed E-state index contributed by atoms with van der Waals surface area (Å²) in [6, 6.07) is 3.91. The summed E-state index contributed by atoms with van der Waals surface area (Å²) in [5.74, 6) is -1.97. The monoisotopic (exact) mass is 475 g/mol. The molecule has 2 aromatic rings. The Kier molecular flexibility index (Phi) is 6.09. The van der Waals surface area contributed by atoms with E-state index in [0.29, 0.717) is 37.1 Å². The molecule has 2 aliphatic heterocycles. The van der Waals surface area contributed by atoms with Crippen LogP contribution in [-0.2, 0) is 4.74 Å². The van der Waals surface area contributed by atoms with Crippen molar-refractivity contribution in [2.45, 2.75) is 32.2 Å². The van der Waals surface area contributed by atoms with Crippen molar-refractivity contribution in [3.8, 4) is 11.1 Å². The number of anilines is 1. The van der Waals surface area contributed by atoms with E-state index in [9.17, 15) is 18.0 Å². The fourth-order valence-corrected chi connectivity index (χ4v) is 5.70. The average molecular weight is 476 g/mol. The van der Waals surface area contributed by atoms with Gasteiger partial charge in [0.2, 0.25) is 11.9 Å². The minimum Gasteiger partial charge on any atom is -0.450 e. The molecule has 4 heterocycles. The van der Waals surface area contributed by atoms with Gasteiger partial charge in [0.1, 0.15) is 11.6 Å². The Morgan fingerprint density at radius 1 is 1.12 bits per heavy atom. The highest BCUT2D eigenvalue weighted by atomic mass is 19.1. The lowest BCUT2D eigenvalue weighted by Crippen LogP contribution is -2.58. The van der Waals surface area contributed by atoms with E-state index in [-0.39, 0.29) is 17.1 Å². The van der Waals surface area contributed by atoms with Crippen LogP contribution in [0.5, 0.6) is 0 Å². The molecule has 0 aromatic carbocycles. The van der Waals surface area contributed by atoms with Gasteiger partial charge in [-0.25, -0.2) is 14.2 Å². The number of rotatable bonds is 4. The fourth-order valence-electron chi connectivity index (χ4n) is 5.70. The molecule has 1 atom stereocenters. The number of carbonyl (C=O) groups excluding carboxylic acids is 1. The van der Waals surface area contributed by atoms with Gasteiger partial charge in [-0.2, -0.15) is 13.8 Å². The maximum absolute atomic E-state index is 14.0. The Balaban J connectivity index is 1.23. The lowest BCUT2D eigenvalue weighted by atomic mass is 9.78. The molecule has 0 bridgehead atoms. The molecule has 182 valence electrons. The smallest absolute Gasteiger partial charge is 0.409 e. The van der Waals surface area contributed by atoms with E-state index in [0.717, 1.165) is 63.8 Å². The van der Waals surface area contributed by atoms with Crippen molar-refractivity contribution in [2.24, 2.45) is 5.41 Å². The van der Waals surface area contributed by atoms with Gasteiger partial charge in [-0.15, -0.1) is 0 Å². The molecular formula is C24H28F3N5O2. The zero-order valence-electron chi connectivity index (χ0n) is 19.1. The largest absolute Gasteiger partial charge is 0.450 e. The standard InChI is InChI=1S/C24H28F3N5O2/c1-2-34-23(33)32-14-24(15-32)4-3-18(12-24)30-5-7-31(8-6-30)22-19(11-17(25)13-28-22)16-9-20(26)29-21(27)10-16/h9-11,13,18H,2-8,12,14-15H2,1H3/t18-/m1/s1. The Hall–Kier alpha value is -2.88. The summed E-state index contributed by atoms with van der Waals surface area (Å²) in [6.45, 7) is 6.75. The van der Waals surface area contributed by atoms with Crippen LogP contribution in [-0.4, -0.2) is 77.8 Å². The summed E-state index contributed by atoms with van der Waals surface area (Å²) in [5.41, 5.74) is 0.765. The molecule has 1 amide bonds. The minimum absolute atomic E-state index is 0.204. The fraction of sp³-hybridized carbons (Fsp3) is 0.542. The summed E-state index contributed by atoms with van der Waals surface area (Å²) < 4.78 is 46.5. The first-order valence-corrected chi connectivity index (χ1v) is 11.8. The van der Waals surface area contributed by atoms with Gasteiger partial charge in [0.15, 0.2) is 0 Å². The number of halogens is 3. The molecule has 2 saturated heterocycles. The normalized spacial score (nSPS) is 22.2. The second kappa shape index (κ2) is 9.05. The van der Waals surface area contributed by atoms with Gasteiger partial charge < -0.3 is 14.5 Å². The second-order valence-corrected chi connectivity index (χ2v) is 9.50. The molecule has 3 aliphatic rings. The maximum atomic E-state index is 14.0. The van der Waals surface area contributed by atoms with Crippen molar-refractivity contribution in [1.29, 1.82) is 0 Å². The van der Waals surface area contributed by atoms with Crippen molar-refractivity contribution in [2.75, 3.05) is 50.8 Å². The Morgan fingerprint density at radius 2 is 1.82 bits per heavy atom. The number of amides is 1. The number of hydrogen-bond donors (Lipinski definition) is 0. The zero-order valence-corrected chi connectivity index (χ0v) is 19.1. The van der Waals surface area contributed by atoms with Crippen molar-refractivity contribution < 1.29 is 22.7 Å². The molecule has 0 N–H and O–H groups in total. The van der Waals surface area contributed by atoms with E-state index >= 15 is 0 Å². The molecule has 1 spiro atoms. The quantitative estimate of drug-likeness (QED) is 0.629. The van der Waals surface area contributed by atoms with Crippen LogP contribution in [0, 0.1) is 23.1 Å². The SMILES string of the molecule is CCOC(=O)N1CC2(CC[C@@H](N3CCN(c4ncc(F)cc4-c4cc(F)nc(F)c4)CC3)C2)C1. The predicted molar refractivity (Wildman–Crippen MR) is 120 cm³/mol. The summed E-state index contributed by atoms with van der Waals surface area (Å²) in [4.78, 5) is 25.6. The summed E-state index contributed by atoms with van der Waals surface area (Å²) in [6.07, 6.45) is 4.19. The van der Waals surface area contributed by atoms with Gasteiger partial charge in [0.05, 0.1) is 12.8 Å². The molecule has 34 heavy (non-hydrogen) atoms. The zero-order chi connectivity index (χ0) is 23.9. The van der Waals surface area contributed by atoms with Crippen molar-refractivity contribution in [1.82, 2.24) is 19.8 Å². The molecule has 1 saturated carbocycles. The van der Waals surface area contributed by atoms with Crippen LogP contribution in [0.2, 0.25) is 0 Å². The van der Waals surface area contributed by atoms with Gasteiger partial charge in [-0.1, -0.05) is 0 Å². The van der Waals surface area contributed by atoms with Crippen molar-refractivity contribution >= 4 is 11.9 Å². The number of piperazine rings is 1. The first-order chi connectivity index (χ1) is 16.4. The summed E-state index contributed by atoms with van der Waals surface area (Å²) in [5, 5.41) is 0. The van der Waals surface area contributed by atoms with Crippen molar-refractivity contribution in [3.05, 3.63) is 42.1 Å². The van der Waals surface area contributed by atoms with E-state index in [2.05, 4.69) is 14.9 Å². The van der Waals surface area contributed by atoms with E-state index in [4.69, 9.17) is 4.74 Å². The molecule has 0 unspecified atom stereocenters. The van der Waals surface area contributed by atoms with Gasteiger partial charge >= 0.3 is 6.09 Å². The number of nitrogens with zero attached hydrogens (tertiary/aromatic N) is 5. The van der Waals surface area contributed by atoms with Crippen molar-refractivity contribution in [3.63, 3.8) is 0 Å². The lowest BCUT2D eigenvalue weighted by Gasteiger charge is -2.48. The number of ether oxygens (including phenoxy) is 1. The molecule has 1 aliphatic carbocycles. The second-order valence-electron chi connectivity index (χ2n) is 9.50. The number of carbonyl (C=O) groups is 1. The Morgan fingerprint density at radius 3 is 2.50 bits per heavy atom. The molecule has 0 radical (unpaired) electrons. The van der Waals surface area contributed by atoms with Crippen LogP contribution in [0.1, 0.15) is 26.2 Å². The highest BCUT2D eigenvalue weighted by molar-refractivity contribution is 5.75. The number of hydrogen-bond acceptors (Lipinski definition) is 6. The molecule has 10 heteroatoms. The maximum Gasteiger partial charge on any atom is 0.409 e. The van der Waals surface area contributed by atoms with Crippen LogP contribution in [0.25, 0.3) is 11.1 Å². The number of likely N-dealkylation sites (tertiary alicyclic amines) is 1. The third-order valence-electron chi connectivity index (χ3n) is 7.29. The van der Waals surface area contributed by atoms with Gasteiger partial charge in [0, 0.05) is 68.4 Å². The van der Waals surface area contributed by atoms with E-state index < -0.39 is 17.7 Å². The third kappa shape index (κ3) is 4.43. The number of aromatic nitrogens is 2. The average Bonchev–Trinajstić information content (AvgIpc) is 3.24. The third-order valence-corrected chi connectivity index (χ3v) is 7.29. The number of pyridine rings is 2. The molecule has 5 rings (SSSR count). The van der Waals surface area contributed by atoms with E-state index in [1.807, 2.05) is 11.8 Å². The highest BCUT2D eigenvalue weighted by Crippen LogP contribution is 2.47. The Labute approximate surface area is 196 Å². The summed E-state index contributed by atoms with van der Waals surface area (Å²) >= 11 is 0. The van der Waals surface area contributed by atoms with Crippen LogP contribution >= 0.6 is 0 Å². The van der Waals surface area contributed by atoms with Gasteiger partial charge in [-0.3, -0.25) is 4.90 Å². The lowest BCUT2D eigenvalue weighted by molar-refractivity contribution is -0.00294. The molecule has 3 fully saturated rings. The summed E-state index contributed by atoms with van der Waals surface area (Å²) in [7, 11) is 0. The molecule has 2 aromatic heterocycles. The highest BCUT2D eigenvalue weighted by Gasteiger charge is 2.51. The minimum atomic E-state index is -0.956. The van der Waals surface area contributed by atoms with E-state index in [1.165, 1.54) is 6.07 Å². The topological polar surface area (TPSA) is 61.8 Å². The van der Waals surface area contributed by atoms with Crippen LogP contribution in [0.15, 0.2) is 24.4 Å². The first-order valence-electron chi connectivity index (χ1n) is 11.8. The van der Waals surface area contributed by atoms with Crippen LogP contribution in [0.3, 0.4) is 0 Å². The Bertz CT molecular complexity index is 1050. The van der Waals surface area contributed by atoms with Crippen LogP contribution in [0.4, 0.5) is 23.8 Å². The molecular weight excluding hydrogens is 447 g/mol.